The van der Waals surface area contributed by atoms with Gasteiger partial charge in [-0.3, -0.25) is 14.9 Å². The van der Waals surface area contributed by atoms with Crippen LogP contribution in [0.5, 0.6) is 5.75 Å². The zero-order chi connectivity index (χ0) is 17.9. The molecule has 0 aliphatic carbocycles. The molecule has 0 spiro atoms. The molecule has 4 rings (SSSR count). The molecule has 2 aromatic carbocycles. The quantitative estimate of drug-likeness (QED) is 0.540. The molecular formula is C17H11Br2N2O4-. The van der Waals surface area contributed by atoms with Crippen molar-refractivity contribution >= 4 is 49.4 Å². The second kappa shape index (κ2) is 5.55. The number of carbonyl (C=O) groups is 2. The van der Waals surface area contributed by atoms with Gasteiger partial charge in [-0.2, -0.15) is 0 Å². The van der Waals surface area contributed by atoms with E-state index in [1.54, 1.807) is 25.3 Å². The number of alkyl halides is 2. The SMILES string of the molecule is COc1ccc(C2N([O-])c3cc4c(cc3C2(Br)Br)C(=O)NC4=O)cc1. The predicted molar refractivity (Wildman–Crippen MR) is 99.4 cm³/mol. The third-order valence-electron chi connectivity index (χ3n) is 4.46. The fourth-order valence-corrected chi connectivity index (χ4v) is 4.75. The highest BCUT2D eigenvalue weighted by Crippen LogP contribution is 2.60. The first-order chi connectivity index (χ1) is 11.8. The summed E-state index contributed by atoms with van der Waals surface area (Å²) in [7, 11) is 1.57. The summed E-state index contributed by atoms with van der Waals surface area (Å²) in [5.74, 6) is -0.254. The van der Waals surface area contributed by atoms with Gasteiger partial charge in [0.2, 0.25) is 0 Å². The molecule has 0 bridgehead atoms. The summed E-state index contributed by atoms with van der Waals surface area (Å²) < 4.78 is 4.26. The van der Waals surface area contributed by atoms with Gasteiger partial charge in [-0.25, -0.2) is 0 Å². The number of imide groups is 1. The average Bonchev–Trinajstić information content (AvgIpc) is 2.98. The maximum atomic E-state index is 13.0. The van der Waals surface area contributed by atoms with Crippen molar-refractivity contribution in [3.63, 3.8) is 0 Å². The molecule has 2 amide bonds. The van der Waals surface area contributed by atoms with Crippen LogP contribution >= 0.6 is 31.9 Å². The first kappa shape index (κ1) is 16.6. The van der Waals surface area contributed by atoms with Crippen LogP contribution in [0.3, 0.4) is 0 Å². The molecule has 128 valence electrons. The molecule has 1 unspecified atom stereocenters. The average molecular weight is 467 g/mol. The Kier molecular flexibility index (Phi) is 3.68. The van der Waals surface area contributed by atoms with E-state index < -0.39 is 21.1 Å². The van der Waals surface area contributed by atoms with E-state index in [4.69, 9.17) is 4.74 Å². The normalized spacial score (nSPS) is 20.3. The van der Waals surface area contributed by atoms with E-state index in [2.05, 4.69) is 37.2 Å². The number of methoxy groups -OCH3 is 1. The van der Waals surface area contributed by atoms with Crippen LogP contribution in [0.4, 0.5) is 5.69 Å². The van der Waals surface area contributed by atoms with Crippen LogP contribution < -0.4 is 15.1 Å². The Morgan fingerprint density at radius 1 is 1.12 bits per heavy atom. The topological polar surface area (TPSA) is 81.7 Å². The second-order valence-corrected chi connectivity index (χ2v) is 9.39. The van der Waals surface area contributed by atoms with Crippen molar-refractivity contribution in [3.05, 3.63) is 63.9 Å². The van der Waals surface area contributed by atoms with Gasteiger partial charge in [0.05, 0.1) is 24.3 Å². The van der Waals surface area contributed by atoms with Crippen molar-refractivity contribution in [1.29, 1.82) is 0 Å². The molecule has 0 saturated heterocycles. The number of carbonyl (C=O) groups excluding carboxylic acids is 2. The summed E-state index contributed by atoms with van der Waals surface area (Å²) in [5.41, 5.74) is 2.20. The molecule has 1 atom stereocenters. The molecule has 25 heavy (non-hydrogen) atoms. The number of benzene rings is 2. The van der Waals surface area contributed by atoms with Gasteiger partial charge in [0.15, 0.2) is 0 Å². The van der Waals surface area contributed by atoms with Crippen molar-refractivity contribution in [1.82, 2.24) is 5.32 Å². The second-order valence-electron chi connectivity index (χ2n) is 5.82. The molecule has 0 fully saturated rings. The smallest absolute Gasteiger partial charge is 0.259 e. The molecule has 0 saturated carbocycles. The number of anilines is 1. The van der Waals surface area contributed by atoms with Gasteiger partial charge in [0.25, 0.3) is 11.8 Å². The van der Waals surface area contributed by atoms with E-state index in [0.717, 1.165) is 10.6 Å². The van der Waals surface area contributed by atoms with Crippen LogP contribution in [-0.2, 0) is 3.23 Å². The van der Waals surface area contributed by atoms with Crippen LogP contribution in [-0.4, -0.2) is 18.9 Å². The van der Waals surface area contributed by atoms with Crippen LogP contribution in [0.15, 0.2) is 36.4 Å². The molecule has 8 heteroatoms. The fourth-order valence-electron chi connectivity index (χ4n) is 3.22. The summed E-state index contributed by atoms with van der Waals surface area (Å²) in [6.07, 6.45) is 0. The maximum absolute atomic E-state index is 13.0. The number of ether oxygens (including phenoxy) is 1. The van der Waals surface area contributed by atoms with Crippen LogP contribution in [0, 0.1) is 5.21 Å². The van der Waals surface area contributed by atoms with E-state index in [1.807, 2.05) is 12.1 Å². The van der Waals surface area contributed by atoms with Crippen molar-refractivity contribution in [3.8, 4) is 5.75 Å². The fraction of sp³-hybridized carbons (Fsp3) is 0.176. The van der Waals surface area contributed by atoms with E-state index in [0.29, 0.717) is 17.0 Å². The van der Waals surface area contributed by atoms with Crippen molar-refractivity contribution < 1.29 is 14.3 Å². The van der Waals surface area contributed by atoms with E-state index in [9.17, 15) is 14.8 Å². The molecule has 0 radical (unpaired) electrons. The maximum Gasteiger partial charge on any atom is 0.259 e. The number of nitrogens with zero attached hydrogens (tertiary/aromatic N) is 1. The van der Waals surface area contributed by atoms with Crippen LogP contribution in [0.2, 0.25) is 0 Å². The zero-order valence-corrected chi connectivity index (χ0v) is 16.0. The number of hydroxylamine groups is 1. The largest absolute Gasteiger partial charge is 0.758 e. The molecule has 2 aliphatic heterocycles. The minimum Gasteiger partial charge on any atom is -0.758 e. The Bertz CT molecular complexity index is 912. The molecule has 0 aromatic heterocycles. The molecule has 6 nitrogen and oxygen atoms in total. The highest BCUT2D eigenvalue weighted by molar-refractivity contribution is 9.24. The zero-order valence-electron chi connectivity index (χ0n) is 12.9. The standard InChI is InChI=1S/C17H11Br2N2O4/c1-25-9-4-2-8(3-5-9)14-17(18,19)12-6-10-11(7-13(12)21(14)24)16(23)20-15(10)22/h2-7,14H,1H3,(H,20,22,23)/q-1. The number of halogens is 2. The van der Waals surface area contributed by atoms with E-state index in [-0.39, 0.29) is 11.1 Å². The molecule has 2 aromatic rings. The lowest BCUT2D eigenvalue weighted by atomic mass is 9.99. The molecule has 1 N–H and O–H groups in total. The number of hydrogen-bond acceptors (Lipinski definition) is 5. The number of hydrogen-bond donors (Lipinski definition) is 1. The lowest BCUT2D eigenvalue weighted by molar-refractivity contribution is 0.0879. The van der Waals surface area contributed by atoms with Crippen molar-refractivity contribution in [2.75, 3.05) is 12.2 Å². The monoisotopic (exact) mass is 465 g/mol. The van der Waals surface area contributed by atoms with E-state index >= 15 is 0 Å². The van der Waals surface area contributed by atoms with Gasteiger partial charge in [0.1, 0.15) is 8.98 Å². The number of rotatable bonds is 2. The Labute approximate surface area is 160 Å². The Morgan fingerprint density at radius 2 is 1.72 bits per heavy atom. The van der Waals surface area contributed by atoms with Gasteiger partial charge < -0.3 is 15.0 Å². The third kappa shape index (κ3) is 2.32. The first-order valence-corrected chi connectivity index (χ1v) is 8.95. The lowest BCUT2D eigenvalue weighted by Gasteiger charge is -2.37. The molecule has 2 aliphatic rings. The number of fused-ring (bicyclic) bond motifs is 2. The van der Waals surface area contributed by atoms with Gasteiger partial charge in [-0.15, -0.1) is 0 Å². The van der Waals surface area contributed by atoms with Crippen LogP contribution in [0.25, 0.3) is 0 Å². The minimum atomic E-state index is -0.896. The summed E-state index contributed by atoms with van der Waals surface area (Å²) in [6, 6.07) is 9.61. The van der Waals surface area contributed by atoms with Crippen molar-refractivity contribution in [2.45, 2.75) is 9.28 Å². The van der Waals surface area contributed by atoms with Crippen LogP contribution in [0.1, 0.15) is 37.9 Å². The first-order valence-electron chi connectivity index (χ1n) is 7.37. The van der Waals surface area contributed by atoms with Gasteiger partial charge in [-0.1, -0.05) is 44.0 Å². The predicted octanol–water partition coefficient (Wildman–Crippen LogP) is 3.58. The van der Waals surface area contributed by atoms with Gasteiger partial charge >= 0.3 is 0 Å². The van der Waals surface area contributed by atoms with Gasteiger partial charge in [-0.05, 0) is 29.8 Å². The number of nitrogens with one attached hydrogen (secondary N) is 1. The summed E-state index contributed by atoms with van der Waals surface area (Å²) in [4.78, 5) is 23.8. The highest BCUT2D eigenvalue weighted by atomic mass is 79.9. The third-order valence-corrected chi connectivity index (χ3v) is 6.18. The molecular weight excluding hydrogens is 456 g/mol. The summed E-state index contributed by atoms with van der Waals surface area (Å²) in [5, 5.41) is 16.0. The summed E-state index contributed by atoms with van der Waals surface area (Å²) in [6.45, 7) is 0. The highest BCUT2D eigenvalue weighted by Gasteiger charge is 2.47. The van der Waals surface area contributed by atoms with E-state index in [1.165, 1.54) is 6.07 Å². The molecule has 2 heterocycles. The van der Waals surface area contributed by atoms with Gasteiger partial charge in [0, 0.05) is 11.3 Å². The Morgan fingerprint density at radius 3 is 2.32 bits per heavy atom. The lowest BCUT2D eigenvalue weighted by Crippen LogP contribution is -2.26. The number of amides is 2. The minimum absolute atomic E-state index is 0.218. The van der Waals surface area contributed by atoms with Crippen molar-refractivity contribution in [2.24, 2.45) is 0 Å². The Hall–Kier alpha value is -1.90. The summed E-state index contributed by atoms with van der Waals surface area (Å²) >= 11 is 7.18. The Balaban J connectivity index is 1.84.